The van der Waals surface area contributed by atoms with Crippen molar-refractivity contribution in [1.29, 1.82) is 0 Å². The number of primary amides is 1. The average molecular weight is 280 g/mol. The molecule has 108 valence electrons. The summed E-state index contributed by atoms with van der Waals surface area (Å²) in [7, 11) is 1.49. The number of aliphatic carboxylic acids is 1. The van der Waals surface area contributed by atoms with Crippen LogP contribution in [0.5, 0.6) is 0 Å². The molecule has 1 aromatic rings. The second-order valence-electron chi connectivity index (χ2n) is 4.19. The topological polar surface area (TPSA) is 126 Å². The fraction of sp³-hybridized carbons (Fsp3) is 0.333. The summed E-state index contributed by atoms with van der Waals surface area (Å²) in [6, 6.07) is 3.30. The second-order valence-corrected chi connectivity index (χ2v) is 4.19. The molecule has 0 aromatic carbocycles. The first kappa shape index (κ1) is 15.4. The van der Waals surface area contributed by atoms with Gasteiger partial charge >= 0.3 is 12.0 Å². The van der Waals surface area contributed by atoms with Crippen molar-refractivity contribution in [3.8, 4) is 0 Å². The Kier molecular flexibility index (Phi) is 5.45. The van der Waals surface area contributed by atoms with Gasteiger partial charge in [-0.15, -0.1) is 0 Å². The number of hydrogen-bond donors (Lipinski definition) is 3. The maximum absolute atomic E-state index is 11.8. The van der Waals surface area contributed by atoms with Gasteiger partial charge < -0.3 is 21.1 Å². The quantitative estimate of drug-likeness (QED) is 0.650. The van der Waals surface area contributed by atoms with Crippen LogP contribution in [0.2, 0.25) is 0 Å². The zero-order chi connectivity index (χ0) is 15.1. The Labute approximate surface area is 115 Å². The maximum Gasteiger partial charge on any atom is 0.326 e. The largest absolute Gasteiger partial charge is 0.480 e. The Morgan fingerprint density at radius 2 is 2.15 bits per heavy atom. The SMILES string of the molecule is CN(Cc1ccccn1)C(=O)N[C@@H](CC(N)=O)C(=O)O. The Hall–Kier alpha value is -2.64. The minimum atomic E-state index is -1.34. The van der Waals surface area contributed by atoms with E-state index in [4.69, 9.17) is 10.8 Å². The number of urea groups is 1. The van der Waals surface area contributed by atoms with Crippen molar-refractivity contribution >= 4 is 17.9 Å². The number of carbonyl (C=O) groups is 3. The summed E-state index contributed by atoms with van der Waals surface area (Å²) >= 11 is 0. The first-order chi connectivity index (χ1) is 9.40. The van der Waals surface area contributed by atoms with Crippen LogP contribution in [0.3, 0.4) is 0 Å². The van der Waals surface area contributed by atoms with E-state index in [0.717, 1.165) is 0 Å². The highest BCUT2D eigenvalue weighted by Gasteiger charge is 2.23. The minimum absolute atomic E-state index is 0.218. The number of rotatable bonds is 6. The van der Waals surface area contributed by atoms with Gasteiger partial charge in [0.25, 0.3) is 0 Å². The number of amides is 3. The van der Waals surface area contributed by atoms with Gasteiger partial charge in [-0.1, -0.05) is 6.07 Å². The zero-order valence-corrected chi connectivity index (χ0v) is 10.9. The van der Waals surface area contributed by atoms with Gasteiger partial charge in [0, 0.05) is 13.2 Å². The number of carboxylic acids is 1. The van der Waals surface area contributed by atoms with Gasteiger partial charge in [-0.05, 0) is 12.1 Å². The lowest BCUT2D eigenvalue weighted by molar-refractivity contribution is -0.140. The molecule has 0 radical (unpaired) electrons. The molecular formula is C12H16N4O4. The lowest BCUT2D eigenvalue weighted by Crippen LogP contribution is -2.48. The van der Waals surface area contributed by atoms with Gasteiger partial charge in [-0.25, -0.2) is 9.59 Å². The molecule has 20 heavy (non-hydrogen) atoms. The summed E-state index contributed by atoms with van der Waals surface area (Å²) in [6.07, 6.45) is 1.13. The standard InChI is InChI=1S/C12H16N4O4/c1-16(7-8-4-2-3-5-14-8)12(20)15-9(11(18)19)6-10(13)17/h2-5,9H,6-7H2,1H3,(H2,13,17)(H,15,20)(H,18,19)/t9-/m0/s1. The zero-order valence-electron chi connectivity index (χ0n) is 10.9. The summed E-state index contributed by atoms with van der Waals surface area (Å²) < 4.78 is 0. The molecule has 1 rings (SSSR count). The third-order valence-corrected chi connectivity index (χ3v) is 2.47. The number of nitrogens with one attached hydrogen (secondary N) is 1. The van der Waals surface area contributed by atoms with Crippen LogP contribution in [0.4, 0.5) is 4.79 Å². The molecule has 0 saturated carbocycles. The van der Waals surface area contributed by atoms with Gasteiger partial charge in [-0.3, -0.25) is 9.78 Å². The van der Waals surface area contributed by atoms with E-state index in [1.165, 1.54) is 11.9 Å². The van der Waals surface area contributed by atoms with Gasteiger partial charge in [0.15, 0.2) is 0 Å². The van der Waals surface area contributed by atoms with Crippen molar-refractivity contribution in [3.05, 3.63) is 30.1 Å². The molecule has 0 bridgehead atoms. The molecule has 0 fully saturated rings. The van der Waals surface area contributed by atoms with Crippen molar-refractivity contribution in [2.45, 2.75) is 19.0 Å². The molecule has 4 N–H and O–H groups in total. The summed E-state index contributed by atoms with van der Waals surface area (Å²) in [5, 5.41) is 11.1. The van der Waals surface area contributed by atoms with Gasteiger partial charge in [-0.2, -0.15) is 0 Å². The fourth-order valence-corrected chi connectivity index (χ4v) is 1.47. The summed E-state index contributed by atoms with van der Waals surface area (Å²) in [5.41, 5.74) is 5.59. The Balaban J connectivity index is 2.59. The third kappa shape index (κ3) is 4.92. The fourth-order valence-electron chi connectivity index (χ4n) is 1.47. The first-order valence-corrected chi connectivity index (χ1v) is 5.82. The van der Waals surface area contributed by atoms with Crippen molar-refractivity contribution < 1.29 is 19.5 Å². The van der Waals surface area contributed by atoms with E-state index >= 15 is 0 Å². The van der Waals surface area contributed by atoms with Gasteiger partial charge in [0.1, 0.15) is 6.04 Å². The predicted molar refractivity (Wildman–Crippen MR) is 69.5 cm³/mol. The van der Waals surface area contributed by atoms with E-state index in [2.05, 4.69) is 10.3 Å². The van der Waals surface area contributed by atoms with E-state index in [1.807, 2.05) is 0 Å². The van der Waals surface area contributed by atoms with Crippen LogP contribution in [0.25, 0.3) is 0 Å². The lowest BCUT2D eigenvalue weighted by atomic mass is 10.2. The minimum Gasteiger partial charge on any atom is -0.480 e. The van der Waals surface area contributed by atoms with Crippen LogP contribution >= 0.6 is 0 Å². The molecule has 0 spiro atoms. The predicted octanol–water partition coefficient (Wildman–Crippen LogP) is -0.448. The maximum atomic E-state index is 11.8. The highest BCUT2D eigenvalue weighted by Crippen LogP contribution is 2.00. The summed E-state index contributed by atoms with van der Waals surface area (Å²) in [6.45, 7) is 0.218. The number of aromatic nitrogens is 1. The van der Waals surface area contributed by atoms with E-state index in [1.54, 1.807) is 24.4 Å². The molecule has 8 heteroatoms. The van der Waals surface area contributed by atoms with Crippen LogP contribution in [0, 0.1) is 0 Å². The molecule has 1 aromatic heterocycles. The van der Waals surface area contributed by atoms with Gasteiger partial charge in [0.05, 0.1) is 18.7 Å². The van der Waals surface area contributed by atoms with Crippen LogP contribution in [-0.2, 0) is 16.1 Å². The van der Waals surface area contributed by atoms with Crippen molar-refractivity contribution in [2.24, 2.45) is 5.73 Å². The van der Waals surface area contributed by atoms with Crippen LogP contribution in [0.1, 0.15) is 12.1 Å². The van der Waals surface area contributed by atoms with E-state index < -0.39 is 30.4 Å². The van der Waals surface area contributed by atoms with Crippen molar-refractivity contribution in [2.75, 3.05) is 7.05 Å². The molecule has 8 nitrogen and oxygen atoms in total. The molecule has 3 amide bonds. The van der Waals surface area contributed by atoms with Crippen LogP contribution < -0.4 is 11.1 Å². The average Bonchev–Trinajstić information content (AvgIpc) is 2.38. The molecule has 0 aliphatic rings. The number of pyridine rings is 1. The first-order valence-electron chi connectivity index (χ1n) is 5.82. The second kappa shape index (κ2) is 7.07. The lowest BCUT2D eigenvalue weighted by Gasteiger charge is -2.20. The smallest absolute Gasteiger partial charge is 0.326 e. The highest BCUT2D eigenvalue weighted by atomic mass is 16.4. The molecule has 1 atom stereocenters. The van der Waals surface area contributed by atoms with E-state index in [0.29, 0.717) is 5.69 Å². The molecule has 0 saturated heterocycles. The van der Waals surface area contributed by atoms with Crippen LogP contribution in [0.15, 0.2) is 24.4 Å². The number of nitrogens with zero attached hydrogens (tertiary/aromatic N) is 2. The molecular weight excluding hydrogens is 264 g/mol. The normalized spacial score (nSPS) is 11.4. The van der Waals surface area contributed by atoms with E-state index in [-0.39, 0.29) is 6.54 Å². The van der Waals surface area contributed by atoms with Crippen molar-refractivity contribution in [1.82, 2.24) is 15.2 Å². The Morgan fingerprint density at radius 1 is 1.45 bits per heavy atom. The number of carboxylic acid groups (broad SMARTS) is 1. The molecule has 0 aliphatic carbocycles. The van der Waals surface area contributed by atoms with Crippen molar-refractivity contribution in [3.63, 3.8) is 0 Å². The monoisotopic (exact) mass is 280 g/mol. The number of nitrogens with two attached hydrogens (primary N) is 1. The Bertz CT molecular complexity index is 491. The molecule has 0 unspecified atom stereocenters. The third-order valence-electron chi connectivity index (χ3n) is 2.47. The summed E-state index contributed by atoms with van der Waals surface area (Å²) in [5.74, 6) is -2.12. The number of carbonyl (C=O) groups excluding carboxylic acids is 2. The van der Waals surface area contributed by atoms with Crippen LogP contribution in [-0.4, -0.2) is 46.0 Å². The van der Waals surface area contributed by atoms with Gasteiger partial charge in [0.2, 0.25) is 5.91 Å². The number of hydrogen-bond acceptors (Lipinski definition) is 4. The van der Waals surface area contributed by atoms with E-state index in [9.17, 15) is 14.4 Å². The molecule has 0 aliphatic heterocycles. The molecule has 1 heterocycles. The highest BCUT2D eigenvalue weighted by molar-refractivity contribution is 5.87. The Morgan fingerprint density at radius 3 is 2.65 bits per heavy atom. The summed E-state index contributed by atoms with van der Waals surface area (Å²) in [4.78, 5) is 38.8.